The lowest BCUT2D eigenvalue weighted by Crippen LogP contribution is -2.16. The molecule has 0 radical (unpaired) electrons. The number of hydrogen-bond acceptors (Lipinski definition) is 5. The van der Waals surface area contributed by atoms with Gasteiger partial charge in [0, 0.05) is 11.1 Å². The average Bonchev–Trinajstić information content (AvgIpc) is 2.79. The van der Waals surface area contributed by atoms with Gasteiger partial charge in [0.2, 0.25) is 0 Å². The largest absolute Gasteiger partial charge is 0.380 e. The molecule has 3 aromatic rings. The first-order valence-corrected chi connectivity index (χ1v) is 10.0. The van der Waals surface area contributed by atoms with Gasteiger partial charge in [0.25, 0.3) is 0 Å². The van der Waals surface area contributed by atoms with Crippen LogP contribution in [-0.4, -0.2) is 16.5 Å². The fourth-order valence-electron chi connectivity index (χ4n) is 2.78. The summed E-state index contributed by atoms with van der Waals surface area (Å²) in [5.74, 6) is -0.394. The van der Waals surface area contributed by atoms with Gasteiger partial charge in [-0.1, -0.05) is 84.9 Å². The third-order valence-electron chi connectivity index (χ3n) is 4.19. The number of Topliss-reactive ketones (excluding diaryl/α,β-unsaturated/α-hetero) is 2. The third kappa shape index (κ3) is 5.33. The first kappa shape index (κ1) is 22.4. The van der Waals surface area contributed by atoms with Crippen LogP contribution in [0.25, 0.3) is 0 Å². The van der Waals surface area contributed by atoms with Crippen LogP contribution in [0.1, 0.15) is 42.3 Å². The molecule has 0 spiro atoms. The second-order valence-electron chi connectivity index (χ2n) is 5.90. The van der Waals surface area contributed by atoms with Gasteiger partial charge in [-0.15, -0.1) is 0 Å². The Morgan fingerprint density at radius 2 is 0.893 bits per heavy atom. The molecule has 28 heavy (non-hydrogen) atoms. The molecule has 0 saturated carbocycles. The maximum atomic E-state index is 13.0. The Balaban J connectivity index is 0.00000136. The predicted molar refractivity (Wildman–Crippen MR) is 123 cm³/mol. The molecule has 3 rings (SSSR count). The Labute approximate surface area is 178 Å². The van der Waals surface area contributed by atoms with E-state index in [0.29, 0.717) is 11.1 Å². The molecule has 3 aromatic carbocycles. The lowest BCUT2D eigenvalue weighted by Gasteiger charge is -2.16. The van der Waals surface area contributed by atoms with Crippen molar-refractivity contribution in [3.05, 3.63) is 107 Å². The maximum absolute atomic E-state index is 13.0. The highest BCUT2D eigenvalue weighted by atomic mass is 32.1. The van der Waals surface area contributed by atoms with E-state index in [0.717, 1.165) is 11.1 Å². The summed E-state index contributed by atoms with van der Waals surface area (Å²) in [6.07, 6.45) is 0. The lowest BCUT2D eigenvalue weighted by atomic mass is 9.93. The van der Waals surface area contributed by atoms with Gasteiger partial charge in [-0.2, -0.15) is 25.3 Å². The van der Waals surface area contributed by atoms with Gasteiger partial charge < -0.3 is 4.89 Å². The molecule has 0 aliphatic rings. The van der Waals surface area contributed by atoms with E-state index in [4.69, 9.17) is 4.89 Å². The molecule has 6 heteroatoms. The van der Waals surface area contributed by atoms with Crippen molar-refractivity contribution in [2.75, 3.05) is 0 Å². The minimum absolute atomic E-state index is 0.197. The minimum atomic E-state index is -0.625. The fourth-order valence-corrected chi connectivity index (χ4v) is 3.40. The SMILES string of the molecule is O=C(c1ccccc1C(=O)C(S)c1ccccc1)C(S)c1ccccc1.OP. The molecule has 3 atom stereocenters. The zero-order chi connectivity index (χ0) is 20.5. The first-order chi connectivity index (χ1) is 13.6. The predicted octanol–water partition coefficient (Wildman–Crippen LogP) is 5.16. The van der Waals surface area contributed by atoms with Crippen LogP contribution in [0.4, 0.5) is 0 Å². The average molecular weight is 429 g/mol. The minimum Gasteiger partial charge on any atom is -0.380 e. The summed E-state index contributed by atoms with van der Waals surface area (Å²) in [7, 11) is 1.42. The highest BCUT2D eigenvalue weighted by Crippen LogP contribution is 2.30. The van der Waals surface area contributed by atoms with Gasteiger partial charge in [0.05, 0.1) is 10.5 Å². The summed E-state index contributed by atoms with van der Waals surface area (Å²) in [5, 5.41) is -1.25. The molecule has 0 aromatic heterocycles. The molecule has 0 saturated heterocycles. The van der Waals surface area contributed by atoms with Crippen molar-refractivity contribution in [3.63, 3.8) is 0 Å². The van der Waals surface area contributed by atoms with Crippen LogP contribution >= 0.6 is 34.7 Å². The van der Waals surface area contributed by atoms with Crippen LogP contribution in [0.2, 0.25) is 0 Å². The molecule has 3 unspecified atom stereocenters. The molecule has 0 amide bonds. The van der Waals surface area contributed by atoms with Crippen molar-refractivity contribution in [2.24, 2.45) is 0 Å². The van der Waals surface area contributed by atoms with E-state index in [-0.39, 0.29) is 11.6 Å². The summed E-state index contributed by atoms with van der Waals surface area (Å²) in [6, 6.07) is 25.5. The zero-order valence-corrected chi connectivity index (χ0v) is 17.9. The number of carbonyl (C=O) groups is 2. The molecule has 0 aliphatic heterocycles. The molecule has 0 aliphatic carbocycles. The van der Waals surface area contributed by atoms with E-state index < -0.39 is 10.5 Å². The van der Waals surface area contributed by atoms with Crippen LogP contribution < -0.4 is 0 Å². The Hall–Kier alpha value is -1.91. The molecule has 3 nitrogen and oxygen atoms in total. The number of benzene rings is 3. The van der Waals surface area contributed by atoms with Crippen molar-refractivity contribution in [3.8, 4) is 0 Å². The molecule has 144 valence electrons. The summed E-state index contributed by atoms with van der Waals surface area (Å²) < 4.78 is 0. The van der Waals surface area contributed by atoms with Gasteiger partial charge in [-0.05, 0) is 20.6 Å². The summed E-state index contributed by atoms with van der Waals surface area (Å²) in [5.41, 5.74) is 2.34. The summed E-state index contributed by atoms with van der Waals surface area (Å²) in [6.45, 7) is 0. The maximum Gasteiger partial charge on any atom is 0.180 e. The summed E-state index contributed by atoms with van der Waals surface area (Å²) >= 11 is 8.97. The number of rotatable bonds is 6. The van der Waals surface area contributed by atoms with E-state index in [1.807, 2.05) is 60.7 Å². The van der Waals surface area contributed by atoms with Crippen LogP contribution in [-0.2, 0) is 0 Å². The van der Waals surface area contributed by atoms with Gasteiger partial charge >= 0.3 is 0 Å². The summed E-state index contributed by atoms with van der Waals surface area (Å²) in [4.78, 5) is 32.9. The van der Waals surface area contributed by atoms with Crippen molar-refractivity contribution >= 4 is 46.3 Å². The Kier molecular flexibility index (Phi) is 8.94. The van der Waals surface area contributed by atoms with E-state index in [9.17, 15) is 9.59 Å². The molecular formula is C22H21O3PS2. The normalized spacial score (nSPS) is 12.3. The fraction of sp³-hybridized carbons (Fsp3) is 0.0909. The van der Waals surface area contributed by atoms with Gasteiger partial charge in [-0.3, -0.25) is 9.59 Å². The van der Waals surface area contributed by atoms with E-state index >= 15 is 0 Å². The molecule has 0 fully saturated rings. The Bertz CT molecular complexity index is 841. The Morgan fingerprint density at radius 1 is 0.607 bits per heavy atom. The highest BCUT2D eigenvalue weighted by molar-refractivity contribution is 7.81. The number of hydrogen-bond donors (Lipinski definition) is 3. The zero-order valence-electron chi connectivity index (χ0n) is 15.0. The Morgan fingerprint density at radius 3 is 1.21 bits per heavy atom. The molecule has 1 N–H and O–H groups in total. The smallest absolute Gasteiger partial charge is 0.180 e. The van der Waals surface area contributed by atoms with Crippen LogP contribution in [0.15, 0.2) is 84.9 Å². The monoisotopic (exact) mass is 428 g/mol. The quantitative estimate of drug-likeness (QED) is 0.289. The molecular weight excluding hydrogens is 407 g/mol. The topological polar surface area (TPSA) is 54.4 Å². The van der Waals surface area contributed by atoms with Crippen LogP contribution in [0.5, 0.6) is 0 Å². The standard InChI is InChI=1S/C22H18O2S2.H3OP/c23-19(21(25)15-9-3-1-4-10-15)17-13-7-8-14-18(17)20(24)22(26)16-11-5-2-6-12-16;1-2/h1-14,21-22,25-26H;1H,2H2. The second-order valence-corrected chi connectivity index (χ2v) is 6.93. The second kappa shape index (κ2) is 11.2. The van der Waals surface area contributed by atoms with Gasteiger partial charge in [0.15, 0.2) is 11.6 Å². The van der Waals surface area contributed by atoms with Crippen LogP contribution in [0, 0.1) is 0 Å². The first-order valence-electron chi connectivity index (χ1n) is 8.49. The van der Waals surface area contributed by atoms with Gasteiger partial charge in [-0.25, -0.2) is 0 Å². The third-order valence-corrected chi connectivity index (χ3v) is 5.25. The van der Waals surface area contributed by atoms with Crippen molar-refractivity contribution in [1.29, 1.82) is 0 Å². The molecule has 0 bridgehead atoms. The van der Waals surface area contributed by atoms with Crippen molar-refractivity contribution < 1.29 is 14.5 Å². The molecule has 0 heterocycles. The van der Waals surface area contributed by atoms with Crippen LogP contribution in [0.3, 0.4) is 0 Å². The lowest BCUT2D eigenvalue weighted by molar-refractivity contribution is 0.0957. The van der Waals surface area contributed by atoms with E-state index in [2.05, 4.69) is 25.3 Å². The van der Waals surface area contributed by atoms with Crippen molar-refractivity contribution in [2.45, 2.75) is 10.5 Å². The number of carbonyl (C=O) groups excluding carboxylic acids is 2. The highest BCUT2D eigenvalue weighted by Gasteiger charge is 2.26. The van der Waals surface area contributed by atoms with E-state index in [1.54, 1.807) is 24.3 Å². The number of ketones is 2. The van der Waals surface area contributed by atoms with Gasteiger partial charge in [0.1, 0.15) is 0 Å². The van der Waals surface area contributed by atoms with E-state index in [1.165, 1.54) is 9.47 Å². The number of thiol groups is 2. The van der Waals surface area contributed by atoms with Crippen molar-refractivity contribution in [1.82, 2.24) is 0 Å².